The maximum absolute atomic E-state index is 13.7. The quantitative estimate of drug-likeness (QED) is 0.685. The van der Waals surface area contributed by atoms with Gasteiger partial charge in [-0.05, 0) is 19.1 Å². The number of hydrogen-bond acceptors (Lipinski definition) is 3. The van der Waals surface area contributed by atoms with E-state index in [0.29, 0.717) is 24.0 Å². The van der Waals surface area contributed by atoms with E-state index in [1.54, 1.807) is 6.92 Å². The molecule has 1 aromatic heterocycles. The van der Waals surface area contributed by atoms with E-state index in [0.717, 1.165) is 4.68 Å². The third-order valence-corrected chi connectivity index (χ3v) is 2.58. The van der Waals surface area contributed by atoms with Gasteiger partial charge >= 0.3 is 6.18 Å². The fraction of sp³-hybridized carbons (Fsp3) is 0.167. The molecule has 4 nitrogen and oxygen atoms in total. The molecule has 0 radical (unpaired) electrons. The van der Waals surface area contributed by atoms with Gasteiger partial charge in [0, 0.05) is 0 Å². The lowest BCUT2D eigenvalue weighted by Gasteiger charge is -2.09. The van der Waals surface area contributed by atoms with Crippen LogP contribution in [-0.2, 0) is 6.18 Å². The number of nitrogens with zero attached hydrogens (tertiary/aromatic N) is 3. The van der Waals surface area contributed by atoms with E-state index in [1.165, 1.54) is 6.20 Å². The summed E-state index contributed by atoms with van der Waals surface area (Å²) in [5, 5.41) is 3.60. The molecule has 0 atom stereocenters. The van der Waals surface area contributed by atoms with E-state index < -0.39 is 28.9 Å². The average molecular weight is 304 g/mol. The summed E-state index contributed by atoms with van der Waals surface area (Å²) >= 11 is 0. The molecule has 0 aliphatic rings. The predicted octanol–water partition coefficient (Wildman–Crippen LogP) is 2.95. The Labute approximate surface area is 115 Å². The van der Waals surface area contributed by atoms with Crippen molar-refractivity contribution in [2.45, 2.75) is 13.1 Å². The standard InChI is InChI=1S/C12H9F5N4/c1-6-5-21(11(18)20-6)19-4-7-9(13)3-2-8(10(7)14)12(15,16)17/h2-5H,1H3,(H2,18,20). The summed E-state index contributed by atoms with van der Waals surface area (Å²) in [7, 11) is 0. The maximum atomic E-state index is 13.7. The first-order valence-electron chi connectivity index (χ1n) is 5.61. The van der Waals surface area contributed by atoms with Gasteiger partial charge in [0.2, 0.25) is 5.95 Å². The number of alkyl halides is 3. The zero-order valence-corrected chi connectivity index (χ0v) is 10.6. The number of aromatic nitrogens is 2. The number of halogens is 5. The molecular formula is C12H9F5N4. The Morgan fingerprint density at radius 2 is 1.95 bits per heavy atom. The Morgan fingerprint density at radius 1 is 1.29 bits per heavy atom. The molecule has 9 heteroatoms. The van der Waals surface area contributed by atoms with Gasteiger partial charge in [-0.1, -0.05) is 0 Å². The zero-order valence-electron chi connectivity index (χ0n) is 10.6. The number of rotatable bonds is 2. The molecule has 0 saturated carbocycles. The highest BCUT2D eigenvalue weighted by Crippen LogP contribution is 2.32. The number of hydrogen-bond donors (Lipinski definition) is 1. The lowest BCUT2D eigenvalue weighted by molar-refractivity contribution is -0.140. The normalized spacial score (nSPS) is 12.3. The van der Waals surface area contributed by atoms with Crippen molar-refractivity contribution in [3.63, 3.8) is 0 Å². The lowest BCUT2D eigenvalue weighted by atomic mass is 10.1. The van der Waals surface area contributed by atoms with Crippen molar-refractivity contribution in [1.82, 2.24) is 9.66 Å². The van der Waals surface area contributed by atoms with Gasteiger partial charge in [0.05, 0.1) is 29.2 Å². The van der Waals surface area contributed by atoms with Gasteiger partial charge in [0.1, 0.15) is 11.6 Å². The summed E-state index contributed by atoms with van der Waals surface area (Å²) in [6, 6.07) is 0.855. The van der Waals surface area contributed by atoms with E-state index >= 15 is 0 Å². The molecular weight excluding hydrogens is 295 g/mol. The second-order valence-corrected chi connectivity index (χ2v) is 4.15. The smallest absolute Gasteiger partial charge is 0.368 e. The van der Waals surface area contributed by atoms with Crippen LogP contribution in [0, 0.1) is 18.6 Å². The van der Waals surface area contributed by atoms with Crippen LogP contribution in [0.5, 0.6) is 0 Å². The Hall–Kier alpha value is -2.45. The highest BCUT2D eigenvalue weighted by atomic mass is 19.4. The number of nitrogen functional groups attached to an aromatic ring is 1. The Bertz CT molecular complexity index is 702. The molecule has 1 heterocycles. The molecule has 1 aromatic carbocycles. The number of nitrogens with two attached hydrogens (primary N) is 1. The molecule has 0 amide bonds. The van der Waals surface area contributed by atoms with Crippen LogP contribution in [0.1, 0.15) is 16.8 Å². The molecule has 112 valence electrons. The summed E-state index contributed by atoms with van der Waals surface area (Å²) in [6.45, 7) is 1.60. The Balaban J connectivity index is 2.47. The van der Waals surface area contributed by atoms with Crippen LogP contribution < -0.4 is 5.73 Å². The van der Waals surface area contributed by atoms with Crippen molar-refractivity contribution in [1.29, 1.82) is 0 Å². The third kappa shape index (κ3) is 3.01. The fourth-order valence-electron chi connectivity index (χ4n) is 1.62. The molecule has 21 heavy (non-hydrogen) atoms. The number of anilines is 1. The van der Waals surface area contributed by atoms with Gasteiger partial charge in [0.15, 0.2) is 0 Å². The molecule has 0 fully saturated rings. The van der Waals surface area contributed by atoms with Crippen molar-refractivity contribution in [2.24, 2.45) is 5.10 Å². The van der Waals surface area contributed by atoms with E-state index in [1.807, 2.05) is 0 Å². The van der Waals surface area contributed by atoms with Crippen LogP contribution in [-0.4, -0.2) is 15.9 Å². The van der Waals surface area contributed by atoms with Crippen molar-refractivity contribution in [3.8, 4) is 0 Å². The van der Waals surface area contributed by atoms with Crippen molar-refractivity contribution in [3.05, 3.63) is 46.8 Å². The SMILES string of the molecule is Cc1cn(N=Cc2c(F)ccc(C(F)(F)F)c2F)c(N)n1. The largest absolute Gasteiger partial charge is 0.419 e. The maximum Gasteiger partial charge on any atom is 0.419 e. The highest BCUT2D eigenvalue weighted by molar-refractivity contribution is 5.80. The first kappa shape index (κ1) is 14.9. The van der Waals surface area contributed by atoms with Crippen LogP contribution in [0.25, 0.3) is 0 Å². The minimum Gasteiger partial charge on any atom is -0.368 e. The lowest BCUT2D eigenvalue weighted by Crippen LogP contribution is -2.11. The van der Waals surface area contributed by atoms with Crippen LogP contribution in [0.2, 0.25) is 0 Å². The summed E-state index contributed by atoms with van der Waals surface area (Å²) in [4.78, 5) is 3.78. The van der Waals surface area contributed by atoms with Crippen LogP contribution >= 0.6 is 0 Å². The summed E-state index contributed by atoms with van der Waals surface area (Å²) < 4.78 is 65.8. The Kier molecular flexibility index (Phi) is 3.67. The number of aryl methyl sites for hydroxylation is 1. The molecule has 0 aliphatic carbocycles. The zero-order chi connectivity index (χ0) is 15.8. The molecule has 0 bridgehead atoms. The molecule has 0 spiro atoms. The summed E-state index contributed by atoms with van der Waals surface area (Å²) in [5.41, 5.74) is 3.47. The van der Waals surface area contributed by atoms with Gasteiger partial charge in [-0.3, -0.25) is 0 Å². The number of imidazole rings is 1. The average Bonchev–Trinajstić information content (AvgIpc) is 2.66. The van der Waals surface area contributed by atoms with Gasteiger partial charge in [-0.25, -0.2) is 18.4 Å². The predicted molar refractivity (Wildman–Crippen MR) is 65.7 cm³/mol. The molecule has 0 aliphatic heterocycles. The highest BCUT2D eigenvalue weighted by Gasteiger charge is 2.35. The van der Waals surface area contributed by atoms with Gasteiger partial charge in [-0.15, -0.1) is 0 Å². The minimum absolute atomic E-state index is 0.0588. The van der Waals surface area contributed by atoms with Crippen molar-refractivity contribution >= 4 is 12.2 Å². The van der Waals surface area contributed by atoms with Crippen LogP contribution in [0.15, 0.2) is 23.4 Å². The monoisotopic (exact) mass is 304 g/mol. The van der Waals surface area contributed by atoms with E-state index in [2.05, 4.69) is 10.1 Å². The van der Waals surface area contributed by atoms with E-state index in [9.17, 15) is 22.0 Å². The molecule has 2 aromatic rings. The second kappa shape index (κ2) is 5.15. The van der Waals surface area contributed by atoms with E-state index in [4.69, 9.17) is 5.73 Å². The first-order chi connectivity index (χ1) is 9.70. The van der Waals surface area contributed by atoms with Gasteiger partial charge < -0.3 is 5.73 Å². The molecule has 2 rings (SSSR count). The topological polar surface area (TPSA) is 56.2 Å². The molecule has 2 N–H and O–H groups in total. The van der Waals surface area contributed by atoms with Crippen molar-refractivity contribution < 1.29 is 22.0 Å². The van der Waals surface area contributed by atoms with Crippen molar-refractivity contribution in [2.75, 3.05) is 5.73 Å². The van der Waals surface area contributed by atoms with Crippen LogP contribution in [0.4, 0.5) is 27.9 Å². The van der Waals surface area contributed by atoms with Crippen LogP contribution in [0.3, 0.4) is 0 Å². The van der Waals surface area contributed by atoms with E-state index in [-0.39, 0.29) is 5.95 Å². The summed E-state index contributed by atoms with van der Waals surface area (Å²) in [5.74, 6) is -2.96. The first-order valence-corrected chi connectivity index (χ1v) is 5.61. The fourth-order valence-corrected chi connectivity index (χ4v) is 1.62. The van der Waals surface area contributed by atoms with Gasteiger partial charge in [0.25, 0.3) is 0 Å². The minimum atomic E-state index is -4.93. The Morgan fingerprint density at radius 3 is 2.48 bits per heavy atom. The van der Waals surface area contributed by atoms with Gasteiger partial charge in [-0.2, -0.15) is 18.3 Å². The summed E-state index contributed by atoms with van der Waals surface area (Å²) in [6.07, 6.45) is -2.95. The third-order valence-electron chi connectivity index (χ3n) is 2.58. The molecule has 0 saturated heterocycles. The number of benzene rings is 1. The second-order valence-electron chi connectivity index (χ2n) is 4.15. The molecule has 0 unspecified atom stereocenters.